The van der Waals surface area contributed by atoms with Gasteiger partial charge in [0.05, 0.1) is 12.7 Å². The molecule has 0 radical (unpaired) electrons. The first-order valence-electron chi connectivity index (χ1n) is 3.88. The highest BCUT2D eigenvalue weighted by atomic mass is 19.3. The smallest absolute Gasteiger partial charge is 0.377 e. The van der Waals surface area contributed by atoms with Gasteiger partial charge in [0.1, 0.15) is 0 Å². The van der Waals surface area contributed by atoms with E-state index in [2.05, 4.69) is 4.74 Å². The molecular weight excluding hydrogens is 180 g/mol. The summed E-state index contributed by atoms with van der Waals surface area (Å²) in [6.07, 6.45) is -0.789. The number of carbonyl (C=O) groups is 1. The van der Waals surface area contributed by atoms with Gasteiger partial charge in [0.15, 0.2) is 0 Å². The van der Waals surface area contributed by atoms with Crippen LogP contribution in [-0.2, 0) is 9.53 Å². The predicted octanol–water partition coefficient (Wildman–Crippen LogP) is 1.73. The highest BCUT2D eigenvalue weighted by Gasteiger charge is 2.41. The fourth-order valence-corrected chi connectivity index (χ4v) is 0.750. The molecular formula is C8H11F2NO2. The first kappa shape index (κ1) is 11.8. The third kappa shape index (κ3) is 3.83. The Hall–Kier alpha value is -1.18. The summed E-state index contributed by atoms with van der Waals surface area (Å²) in [6.45, 7) is 2.68. The van der Waals surface area contributed by atoms with E-state index in [1.54, 1.807) is 6.07 Å². The maximum atomic E-state index is 12.8. The zero-order chi connectivity index (χ0) is 10.5. The van der Waals surface area contributed by atoms with Gasteiger partial charge >= 0.3 is 11.9 Å². The number of esters is 1. The summed E-state index contributed by atoms with van der Waals surface area (Å²) in [5.41, 5.74) is 0. The Labute approximate surface area is 75.3 Å². The average Bonchev–Trinajstić information content (AvgIpc) is 2.04. The number of halogens is 2. The second-order valence-corrected chi connectivity index (χ2v) is 2.66. The number of carbonyl (C=O) groups excluding carboxylic acids is 1. The molecule has 0 saturated heterocycles. The van der Waals surface area contributed by atoms with Crippen LogP contribution in [0.5, 0.6) is 0 Å². The molecule has 0 aromatic carbocycles. The first-order chi connectivity index (χ1) is 5.94. The Balaban J connectivity index is 4.23. The fraction of sp³-hybridized carbons (Fsp3) is 0.750. The number of nitrogens with zero attached hydrogens (tertiary/aromatic N) is 1. The van der Waals surface area contributed by atoms with Crippen molar-refractivity contribution >= 4 is 5.97 Å². The van der Waals surface area contributed by atoms with Crippen molar-refractivity contribution < 1.29 is 18.3 Å². The monoisotopic (exact) mass is 191 g/mol. The molecule has 0 aromatic heterocycles. The molecule has 0 bridgehead atoms. The van der Waals surface area contributed by atoms with Crippen LogP contribution >= 0.6 is 0 Å². The van der Waals surface area contributed by atoms with E-state index in [1.165, 1.54) is 13.8 Å². The van der Waals surface area contributed by atoms with Gasteiger partial charge in [-0.3, -0.25) is 0 Å². The molecule has 0 aliphatic heterocycles. The lowest BCUT2D eigenvalue weighted by atomic mass is 10.1. The standard InChI is InChI=1S/C8H11F2NO2/c1-3-13-7(12)8(9,10)4-6(2)5-11/h6H,3-4H2,1-2H3. The molecule has 1 atom stereocenters. The Bertz CT molecular complexity index is 223. The van der Waals surface area contributed by atoms with Gasteiger partial charge in [-0.2, -0.15) is 14.0 Å². The van der Waals surface area contributed by atoms with E-state index in [4.69, 9.17) is 5.26 Å². The Morgan fingerprint density at radius 2 is 2.23 bits per heavy atom. The van der Waals surface area contributed by atoms with E-state index in [1.807, 2.05) is 0 Å². The van der Waals surface area contributed by atoms with E-state index in [0.29, 0.717) is 0 Å². The van der Waals surface area contributed by atoms with Gasteiger partial charge in [0.25, 0.3) is 0 Å². The molecule has 5 heteroatoms. The van der Waals surface area contributed by atoms with Crippen molar-refractivity contribution in [3.63, 3.8) is 0 Å². The lowest BCUT2D eigenvalue weighted by molar-refractivity contribution is -0.173. The maximum absolute atomic E-state index is 12.8. The van der Waals surface area contributed by atoms with Crippen LogP contribution in [-0.4, -0.2) is 18.5 Å². The summed E-state index contributed by atoms with van der Waals surface area (Å²) < 4.78 is 29.8. The molecule has 0 saturated carbocycles. The van der Waals surface area contributed by atoms with Gasteiger partial charge in [0.2, 0.25) is 0 Å². The predicted molar refractivity (Wildman–Crippen MR) is 41.0 cm³/mol. The minimum absolute atomic E-state index is 0.0879. The quantitative estimate of drug-likeness (QED) is 0.636. The van der Waals surface area contributed by atoms with Crippen LogP contribution in [0, 0.1) is 17.2 Å². The molecule has 13 heavy (non-hydrogen) atoms. The normalized spacial score (nSPS) is 13.2. The molecule has 0 spiro atoms. The Morgan fingerprint density at radius 1 is 1.69 bits per heavy atom. The van der Waals surface area contributed by atoms with E-state index >= 15 is 0 Å². The zero-order valence-corrected chi connectivity index (χ0v) is 7.51. The van der Waals surface area contributed by atoms with E-state index < -0.39 is 24.2 Å². The highest BCUT2D eigenvalue weighted by molar-refractivity contribution is 5.77. The SMILES string of the molecule is CCOC(=O)C(F)(F)CC(C)C#N. The molecule has 74 valence electrons. The van der Waals surface area contributed by atoms with E-state index in [0.717, 1.165) is 0 Å². The first-order valence-corrected chi connectivity index (χ1v) is 3.88. The largest absolute Gasteiger partial charge is 0.462 e. The van der Waals surface area contributed by atoms with Crippen molar-refractivity contribution in [2.45, 2.75) is 26.2 Å². The molecule has 0 aliphatic rings. The molecule has 0 heterocycles. The molecule has 3 nitrogen and oxygen atoms in total. The van der Waals surface area contributed by atoms with Crippen LogP contribution in [0.15, 0.2) is 0 Å². The summed E-state index contributed by atoms with van der Waals surface area (Å²) in [4.78, 5) is 10.6. The number of hydrogen-bond donors (Lipinski definition) is 0. The minimum atomic E-state index is -3.55. The zero-order valence-electron chi connectivity index (χ0n) is 7.51. The van der Waals surface area contributed by atoms with Crippen LogP contribution in [0.2, 0.25) is 0 Å². The number of alkyl halides is 2. The molecule has 0 fully saturated rings. The van der Waals surface area contributed by atoms with Crippen LogP contribution in [0.25, 0.3) is 0 Å². The molecule has 0 N–H and O–H groups in total. The second-order valence-electron chi connectivity index (χ2n) is 2.66. The van der Waals surface area contributed by atoms with Crippen molar-refractivity contribution in [3.05, 3.63) is 0 Å². The van der Waals surface area contributed by atoms with Crippen molar-refractivity contribution in [1.29, 1.82) is 5.26 Å². The van der Waals surface area contributed by atoms with Crippen LogP contribution < -0.4 is 0 Å². The third-order valence-corrected chi connectivity index (χ3v) is 1.36. The van der Waals surface area contributed by atoms with Gasteiger partial charge in [-0.25, -0.2) is 4.79 Å². The van der Waals surface area contributed by atoms with Gasteiger partial charge in [-0.15, -0.1) is 0 Å². The number of hydrogen-bond acceptors (Lipinski definition) is 3. The minimum Gasteiger partial charge on any atom is -0.462 e. The molecule has 0 rings (SSSR count). The summed E-state index contributed by atoms with van der Waals surface area (Å²) in [7, 11) is 0. The lowest BCUT2D eigenvalue weighted by Crippen LogP contribution is -2.32. The Kier molecular flexibility index (Phi) is 4.32. The molecule has 0 aromatic rings. The van der Waals surface area contributed by atoms with Gasteiger partial charge < -0.3 is 4.74 Å². The summed E-state index contributed by atoms with van der Waals surface area (Å²) in [6, 6.07) is 1.63. The van der Waals surface area contributed by atoms with Crippen molar-refractivity contribution in [2.24, 2.45) is 5.92 Å². The van der Waals surface area contributed by atoms with E-state index in [-0.39, 0.29) is 6.61 Å². The number of nitriles is 1. The molecule has 0 amide bonds. The van der Waals surface area contributed by atoms with Crippen molar-refractivity contribution in [2.75, 3.05) is 6.61 Å². The number of rotatable bonds is 4. The topological polar surface area (TPSA) is 50.1 Å². The summed E-state index contributed by atoms with van der Waals surface area (Å²) in [5.74, 6) is -5.97. The molecule has 1 unspecified atom stereocenters. The fourth-order valence-electron chi connectivity index (χ4n) is 0.750. The van der Waals surface area contributed by atoms with Crippen LogP contribution in [0.3, 0.4) is 0 Å². The average molecular weight is 191 g/mol. The second kappa shape index (κ2) is 4.75. The van der Waals surface area contributed by atoms with Crippen LogP contribution in [0.4, 0.5) is 8.78 Å². The summed E-state index contributed by atoms with van der Waals surface area (Å²) >= 11 is 0. The van der Waals surface area contributed by atoms with E-state index in [9.17, 15) is 13.6 Å². The summed E-state index contributed by atoms with van der Waals surface area (Å²) in [5, 5.41) is 8.27. The maximum Gasteiger partial charge on any atom is 0.377 e. The third-order valence-electron chi connectivity index (χ3n) is 1.36. The van der Waals surface area contributed by atoms with Gasteiger partial charge in [-0.1, -0.05) is 0 Å². The van der Waals surface area contributed by atoms with Gasteiger partial charge in [0, 0.05) is 12.3 Å². The Morgan fingerprint density at radius 3 is 2.62 bits per heavy atom. The number of ether oxygens (including phenoxy) is 1. The highest BCUT2D eigenvalue weighted by Crippen LogP contribution is 2.24. The molecule has 0 aliphatic carbocycles. The van der Waals surface area contributed by atoms with Crippen LogP contribution in [0.1, 0.15) is 20.3 Å². The van der Waals surface area contributed by atoms with Gasteiger partial charge in [-0.05, 0) is 13.8 Å². The van der Waals surface area contributed by atoms with Crippen molar-refractivity contribution in [3.8, 4) is 6.07 Å². The lowest BCUT2D eigenvalue weighted by Gasteiger charge is -2.14. The van der Waals surface area contributed by atoms with Crippen molar-refractivity contribution in [1.82, 2.24) is 0 Å².